The van der Waals surface area contributed by atoms with Gasteiger partial charge in [0.05, 0.1) is 5.71 Å². The Hall–Kier alpha value is -3.73. The summed E-state index contributed by atoms with van der Waals surface area (Å²) >= 11 is 0. The number of carbonyl (C=O) groups excluding carboxylic acids is 2. The lowest BCUT2D eigenvalue weighted by atomic mass is 9.90. The second-order valence-corrected chi connectivity index (χ2v) is 8.24. The molecule has 3 aromatic rings. The number of benzene rings is 3. The monoisotopic (exact) mass is 424 g/mol. The number of ketones is 1. The van der Waals surface area contributed by atoms with Gasteiger partial charge in [0.2, 0.25) is 0 Å². The molecule has 5 rings (SSSR count). The van der Waals surface area contributed by atoms with Gasteiger partial charge in [0.1, 0.15) is 6.61 Å². The van der Waals surface area contributed by atoms with E-state index >= 15 is 0 Å². The van der Waals surface area contributed by atoms with Gasteiger partial charge in [-0.05, 0) is 35.4 Å². The van der Waals surface area contributed by atoms with E-state index in [9.17, 15) is 9.59 Å². The largest absolute Gasteiger partial charge is 0.445 e. The lowest BCUT2D eigenvalue weighted by molar-refractivity contribution is -0.120. The lowest BCUT2D eigenvalue weighted by Gasteiger charge is -2.14. The van der Waals surface area contributed by atoms with Crippen molar-refractivity contribution in [2.75, 3.05) is 0 Å². The van der Waals surface area contributed by atoms with Crippen molar-refractivity contribution >= 4 is 17.6 Å². The van der Waals surface area contributed by atoms with Crippen LogP contribution in [-0.2, 0) is 22.6 Å². The number of nitrogens with one attached hydrogen (secondary N) is 1. The van der Waals surface area contributed by atoms with Gasteiger partial charge in [-0.2, -0.15) is 0 Å². The van der Waals surface area contributed by atoms with Gasteiger partial charge in [0.15, 0.2) is 11.9 Å². The summed E-state index contributed by atoms with van der Waals surface area (Å²) in [7, 11) is 0. The highest BCUT2D eigenvalue weighted by Crippen LogP contribution is 2.43. The first-order chi connectivity index (χ1) is 15.7. The lowest BCUT2D eigenvalue weighted by Crippen LogP contribution is -2.40. The van der Waals surface area contributed by atoms with E-state index in [2.05, 4.69) is 11.4 Å². The zero-order chi connectivity index (χ0) is 21.9. The SMILES string of the molecule is O=C(NC1N=C(c2ccccc2)c2cccc(C3CC3)c2CC1=O)OCc1ccccc1. The summed E-state index contributed by atoms with van der Waals surface area (Å²) in [5.74, 6) is 0.372. The van der Waals surface area contributed by atoms with Crippen molar-refractivity contribution in [2.24, 2.45) is 4.99 Å². The van der Waals surface area contributed by atoms with E-state index in [0.29, 0.717) is 5.92 Å². The average Bonchev–Trinajstić information content (AvgIpc) is 3.68. The fraction of sp³-hybridized carbons (Fsp3) is 0.222. The molecule has 5 heteroatoms. The van der Waals surface area contributed by atoms with Gasteiger partial charge in [-0.1, -0.05) is 78.9 Å². The highest BCUT2D eigenvalue weighted by atomic mass is 16.5. The number of rotatable bonds is 5. The van der Waals surface area contributed by atoms with E-state index in [1.165, 1.54) is 5.56 Å². The molecule has 0 aromatic heterocycles. The molecule has 0 radical (unpaired) electrons. The predicted octanol–water partition coefficient (Wildman–Crippen LogP) is 4.78. The van der Waals surface area contributed by atoms with Gasteiger partial charge in [0.25, 0.3) is 0 Å². The summed E-state index contributed by atoms with van der Waals surface area (Å²) in [6.07, 6.45) is 0.891. The summed E-state index contributed by atoms with van der Waals surface area (Å²) in [6.45, 7) is 0.134. The minimum atomic E-state index is -0.993. The quantitative estimate of drug-likeness (QED) is 0.641. The van der Waals surface area contributed by atoms with Crippen molar-refractivity contribution in [3.8, 4) is 0 Å². The van der Waals surface area contributed by atoms with Crippen molar-refractivity contribution in [3.05, 3.63) is 107 Å². The van der Waals surface area contributed by atoms with Gasteiger partial charge in [-0.15, -0.1) is 0 Å². The van der Waals surface area contributed by atoms with Gasteiger partial charge in [-0.3, -0.25) is 15.1 Å². The van der Waals surface area contributed by atoms with E-state index in [4.69, 9.17) is 9.73 Å². The van der Waals surface area contributed by atoms with Crippen LogP contribution in [0, 0.1) is 0 Å². The second kappa shape index (κ2) is 8.79. The van der Waals surface area contributed by atoms with Crippen molar-refractivity contribution in [1.29, 1.82) is 0 Å². The third-order valence-electron chi connectivity index (χ3n) is 5.91. The third-order valence-corrected chi connectivity index (χ3v) is 5.91. The van der Waals surface area contributed by atoms with Gasteiger partial charge < -0.3 is 4.74 Å². The fourth-order valence-corrected chi connectivity index (χ4v) is 4.16. The number of aliphatic imine (C=N–C) groups is 1. The topological polar surface area (TPSA) is 67.8 Å². The molecule has 160 valence electrons. The van der Waals surface area contributed by atoms with Crippen LogP contribution < -0.4 is 5.32 Å². The molecule has 1 saturated carbocycles. The number of ether oxygens (including phenoxy) is 1. The Labute approximate surface area is 187 Å². The number of Topliss-reactive ketones (excluding diaryl/α,β-unsaturated/α-hetero) is 1. The van der Waals surface area contributed by atoms with Crippen LogP contribution in [-0.4, -0.2) is 23.8 Å². The number of hydrogen-bond donors (Lipinski definition) is 1. The summed E-state index contributed by atoms with van der Waals surface area (Å²) in [6, 6.07) is 25.4. The molecule has 3 aromatic carbocycles. The van der Waals surface area contributed by atoms with E-state index in [1.807, 2.05) is 72.8 Å². The molecule has 1 heterocycles. The van der Waals surface area contributed by atoms with Crippen LogP contribution in [0.4, 0.5) is 4.79 Å². The molecule has 1 aliphatic heterocycles. The van der Waals surface area contributed by atoms with Gasteiger partial charge >= 0.3 is 6.09 Å². The fourth-order valence-electron chi connectivity index (χ4n) is 4.16. The maximum Gasteiger partial charge on any atom is 0.409 e. The molecule has 0 saturated heterocycles. The maximum absolute atomic E-state index is 13.2. The molecule has 1 amide bonds. The minimum absolute atomic E-state index is 0.134. The normalized spacial score (nSPS) is 17.7. The van der Waals surface area contributed by atoms with Crippen molar-refractivity contribution in [2.45, 2.75) is 38.0 Å². The first-order valence-corrected chi connectivity index (χ1v) is 10.9. The highest BCUT2D eigenvalue weighted by Gasteiger charge is 2.33. The Morgan fingerprint density at radius 3 is 2.38 bits per heavy atom. The zero-order valence-electron chi connectivity index (χ0n) is 17.7. The zero-order valence-corrected chi connectivity index (χ0v) is 17.7. The number of fused-ring (bicyclic) bond motifs is 1. The van der Waals surface area contributed by atoms with Crippen molar-refractivity contribution < 1.29 is 14.3 Å². The van der Waals surface area contributed by atoms with Gasteiger partial charge in [0, 0.05) is 17.5 Å². The molecule has 2 aliphatic rings. The van der Waals surface area contributed by atoms with Crippen LogP contribution >= 0.6 is 0 Å². The van der Waals surface area contributed by atoms with Crippen LogP contribution in [0.25, 0.3) is 0 Å². The molecular weight excluding hydrogens is 400 g/mol. The van der Waals surface area contributed by atoms with Crippen LogP contribution in [0.15, 0.2) is 83.9 Å². The molecule has 1 fully saturated rings. The van der Waals surface area contributed by atoms with E-state index in [-0.39, 0.29) is 18.8 Å². The number of alkyl carbamates (subject to hydrolysis) is 1. The summed E-state index contributed by atoms with van der Waals surface area (Å²) in [4.78, 5) is 30.4. The Kier molecular flexibility index (Phi) is 5.55. The molecule has 32 heavy (non-hydrogen) atoms. The molecule has 1 atom stereocenters. The second-order valence-electron chi connectivity index (χ2n) is 8.24. The molecule has 0 spiro atoms. The molecule has 1 aliphatic carbocycles. The van der Waals surface area contributed by atoms with E-state index < -0.39 is 12.3 Å². The number of hydrogen-bond acceptors (Lipinski definition) is 4. The molecule has 1 unspecified atom stereocenters. The number of amides is 1. The average molecular weight is 425 g/mol. The Bertz CT molecular complexity index is 1170. The molecule has 1 N–H and O–H groups in total. The first-order valence-electron chi connectivity index (χ1n) is 10.9. The molecule has 5 nitrogen and oxygen atoms in total. The van der Waals surface area contributed by atoms with Crippen LogP contribution in [0.1, 0.15) is 46.6 Å². The van der Waals surface area contributed by atoms with Gasteiger partial charge in [-0.25, -0.2) is 4.79 Å². The van der Waals surface area contributed by atoms with Crippen LogP contribution in [0.5, 0.6) is 0 Å². The first kappa shape index (κ1) is 20.2. The number of nitrogens with zero attached hydrogens (tertiary/aromatic N) is 1. The van der Waals surface area contributed by atoms with Crippen LogP contribution in [0.2, 0.25) is 0 Å². The number of carbonyl (C=O) groups is 2. The summed E-state index contributed by atoms with van der Waals surface area (Å²) in [5, 5.41) is 2.68. The third kappa shape index (κ3) is 4.33. The Morgan fingerprint density at radius 1 is 0.938 bits per heavy atom. The highest BCUT2D eigenvalue weighted by molar-refractivity contribution is 6.16. The van der Waals surface area contributed by atoms with Crippen molar-refractivity contribution in [3.63, 3.8) is 0 Å². The minimum Gasteiger partial charge on any atom is -0.445 e. The molecule has 0 bridgehead atoms. The predicted molar refractivity (Wildman–Crippen MR) is 123 cm³/mol. The maximum atomic E-state index is 13.2. The smallest absolute Gasteiger partial charge is 0.409 e. The van der Waals surface area contributed by atoms with Crippen LogP contribution in [0.3, 0.4) is 0 Å². The van der Waals surface area contributed by atoms with E-state index in [0.717, 1.165) is 40.8 Å². The molecular formula is C27H24N2O3. The van der Waals surface area contributed by atoms with Crippen molar-refractivity contribution in [1.82, 2.24) is 5.32 Å². The summed E-state index contributed by atoms with van der Waals surface area (Å²) < 4.78 is 5.34. The standard InChI is InChI=1S/C27H24N2O3/c30-24-16-23-21(19-14-15-19)12-7-13-22(23)25(20-10-5-2-6-11-20)28-26(24)29-27(31)32-17-18-8-3-1-4-9-18/h1-13,19,26H,14-17H2,(H,29,31). The Balaban J connectivity index is 1.44. The summed E-state index contributed by atoms with van der Waals surface area (Å²) in [5.41, 5.74) is 5.75. The van der Waals surface area contributed by atoms with E-state index in [1.54, 1.807) is 0 Å². The Morgan fingerprint density at radius 2 is 1.66 bits per heavy atom.